The van der Waals surface area contributed by atoms with E-state index < -0.39 is 0 Å². The molecule has 31 heavy (non-hydrogen) atoms. The van der Waals surface area contributed by atoms with Crippen LogP contribution in [0.15, 0.2) is 42.5 Å². The zero-order chi connectivity index (χ0) is 22.0. The molecule has 2 amide bonds. The van der Waals surface area contributed by atoms with Crippen LogP contribution in [-0.2, 0) is 16.1 Å². The molecular weight excluding hydrogens is 417 g/mol. The van der Waals surface area contributed by atoms with Gasteiger partial charge in [-0.15, -0.1) is 11.3 Å². The van der Waals surface area contributed by atoms with E-state index in [0.717, 1.165) is 5.69 Å². The number of piperidine rings is 1. The van der Waals surface area contributed by atoms with E-state index in [0.29, 0.717) is 52.1 Å². The average molecular weight is 442 g/mol. The van der Waals surface area contributed by atoms with Crippen LogP contribution in [-0.4, -0.2) is 32.0 Å². The van der Waals surface area contributed by atoms with Crippen molar-refractivity contribution >= 4 is 44.6 Å². The summed E-state index contributed by atoms with van der Waals surface area (Å²) in [6, 6.07) is 12.4. The molecule has 0 bridgehead atoms. The number of para-hydroxylation sites is 2. The largest absolute Gasteiger partial charge is 0.380 e. The van der Waals surface area contributed by atoms with Crippen molar-refractivity contribution in [1.29, 1.82) is 0 Å². The number of nitrogens with one attached hydrogen (secondary N) is 1. The number of primary amides is 1. The van der Waals surface area contributed by atoms with Crippen molar-refractivity contribution in [2.75, 3.05) is 30.4 Å². The zero-order valence-electron chi connectivity index (χ0n) is 17.2. The standard InChI is InChI=1S/C23H24FN3O3S/c1-30-13-15-20-16(24)5-4-8-19(20)31-21(15)23(29)26-17-6-2-3-7-18(17)27-11-9-14(10-12-27)22(25)28/h2-8,14H,9-13H2,1H3,(H2,25,28)(H,26,29). The van der Waals surface area contributed by atoms with Crippen LogP contribution < -0.4 is 16.0 Å². The molecule has 0 atom stereocenters. The van der Waals surface area contributed by atoms with Crippen molar-refractivity contribution in [3.05, 3.63) is 58.7 Å². The molecule has 3 N–H and O–H groups in total. The number of thiophene rings is 1. The lowest BCUT2D eigenvalue weighted by Gasteiger charge is -2.33. The van der Waals surface area contributed by atoms with Gasteiger partial charge < -0.3 is 20.7 Å². The zero-order valence-corrected chi connectivity index (χ0v) is 18.0. The van der Waals surface area contributed by atoms with Gasteiger partial charge in [0.25, 0.3) is 5.91 Å². The topological polar surface area (TPSA) is 84.7 Å². The van der Waals surface area contributed by atoms with Crippen molar-refractivity contribution in [2.45, 2.75) is 19.4 Å². The van der Waals surface area contributed by atoms with E-state index in [1.165, 1.54) is 24.5 Å². The van der Waals surface area contributed by atoms with Crippen LogP contribution in [0.25, 0.3) is 10.1 Å². The second kappa shape index (κ2) is 9.03. The molecule has 0 saturated carbocycles. The Hall–Kier alpha value is -2.97. The number of benzene rings is 2. The monoisotopic (exact) mass is 441 g/mol. The Morgan fingerprint density at radius 1 is 1.19 bits per heavy atom. The number of hydrogen-bond acceptors (Lipinski definition) is 5. The lowest BCUT2D eigenvalue weighted by atomic mass is 9.96. The minimum atomic E-state index is -0.363. The number of ether oxygens (including phenoxy) is 1. The van der Waals surface area contributed by atoms with Crippen LogP contribution in [0, 0.1) is 11.7 Å². The van der Waals surface area contributed by atoms with Crippen molar-refractivity contribution in [3.8, 4) is 0 Å². The molecule has 1 saturated heterocycles. The predicted molar refractivity (Wildman–Crippen MR) is 121 cm³/mol. The minimum Gasteiger partial charge on any atom is -0.380 e. The maximum absolute atomic E-state index is 14.4. The fourth-order valence-corrected chi connectivity index (χ4v) is 5.19. The number of halogens is 1. The van der Waals surface area contributed by atoms with Gasteiger partial charge in [0.2, 0.25) is 5.91 Å². The number of anilines is 2. The first-order valence-corrected chi connectivity index (χ1v) is 10.9. The van der Waals surface area contributed by atoms with E-state index in [1.54, 1.807) is 12.1 Å². The van der Waals surface area contributed by atoms with Gasteiger partial charge in [0.1, 0.15) is 5.82 Å². The van der Waals surface area contributed by atoms with Gasteiger partial charge in [0.05, 0.1) is 22.9 Å². The molecule has 8 heteroatoms. The van der Waals surface area contributed by atoms with Gasteiger partial charge in [-0.1, -0.05) is 18.2 Å². The second-order valence-electron chi connectivity index (χ2n) is 7.59. The molecular formula is C23H24FN3O3S. The van der Waals surface area contributed by atoms with Gasteiger partial charge in [-0.05, 0) is 37.1 Å². The Labute approximate surface area is 183 Å². The molecule has 0 spiro atoms. The van der Waals surface area contributed by atoms with Crippen LogP contribution in [0.4, 0.5) is 15.8 Å². The van der Waals surface area contributed by atoms with Gasteiger partial charge in [-0.2, -0.15) is 0 Å². The van der Waals surface area contributed by atoms with Crippen molar-refractivity contribution in [3.63, 3.8) is 0 Å². The molecule has 3 aromatic rings. The number of hydrogen-bond donors (Lipinski definition) is 2. The number of fused-ring (bicyclic) bond motifs is 1. The normalized spacial score (nSPS) is 14.7. The number of methoxy groups -OCH3 is 1. The van der Waals surface area contributed by atoms with Crippen molar-refractivity contribution < 1.29 is 18.7 Å². The number of carbonyl (C=O) groups excluding carboxylic acids is 2. The van der Waals surface area contributed by atoms with Gasteiger partial charge in [0.15, 0.2) is 0 Å². The SMILES string of the molecule is COCc1c(C(=O)Nc2ccccc2N2CCC(C(N)=O)CC2)sc2cccc(F)c12. The molecule has 2 aromatic carbocycles. The van der Waals surface area contributed by atoms with Crippen molar-refractivity contribution in [1.82, 2.24) is 0 Å². The predicted octanol–water partition coefficient (Wildman–Crippen LogP) is 4.14. The van der Waals surface area contributed by atoms with E-state index in [9.17, 15) is 14.0 Å². The number of nitrogens with zero attached hydrogens (tertiary/aromatic N) is 1. The van der Waals surface area contributed by atoms with E-state index in [2.05, 4.69) is 10.2 Å². The van der Waals surface area contributed by atoms with Gasteiger partial charge in [0, 0.05) is 41.8 Å². The molecule has 2 heterocycles. The van der Waals surface area contributed by atoms with Crippen molar-refractivity contribution in [2.24, 2.45) is 11.7 Å². The molecule has 0 unspecified atom stereocenters. The van der Waals surface area contributed by atoms with Crippen LogP contribution >= 0.6 is 11.3 Å². The summed E-state index contributed by atoms with van der Waals surface area (Å²) in [5.74, 6) is -1.03. The summed E-state index contributed by atoms with van der Waals surface area (Å²) >= 11 is 1.25. The summed E-state index contributed by atoms with van der Waals surface area (Å²) in [5.41, 5.74) is 7.56. The molecule has 4 rings (SSSR count). The molecule has 1 aliphatic heterocycles. The Morgan fingerprint density at radius 3 is 2.65 bits per heavy atom. The number of amides is 2. The summed E-state index contributed by atoms with van der Waals surface area (Å²) in [6.45, 7) is 1.51. The number of carbonyl (C=O) groups is 2. The van der Waals surface area contributed by atoms with E-state index in [1.807, 2.05) is 24.3 Å². The fraction of sp³-hybridized carbons (Fsp3) is 0.304. The Bertz CT molecular complexity index is 1120. The molecule has 1 aliphatic rings. The first-order chi connectivity index (χ1) is 15.0. The number of nitrogens with two attached hydrogens (primary N) is 1. The third kappa shape index (κ3) is 4.26. The summed E-state index contributed by atoms with van der Waals surface area (Å²) in [6.07, 6.45) is 1.37. The Kier molecular flexibility index (Phi) is 6.20. The molecule has 1 fully saturated rings. The van der Waals surface area contributed by atoms with Gasteiger partial charge >= 0.3 is 0 Å². The van der Waals surface area contributed by atoms with Crippen LogP contribution in [0.3, 0.4) is 0 Å². The Morgan fingerprint density at radius 2 is 1.94 bits per heavy atom. The highest BCUT2D eigenvalue weighted by Crippen LogP contribution is 2.35. The van der Waals surface area contributed by atoms with Crippen LogP contribution in [0.2, 0.25) is 0 Å². The average Bonchev–Trinajstić information content (AvgIpc) is 3.14. The third-order valence-corrected chi connectivity index (χ3v) is 6.84. The lowest BCUT2D eigenvalue weighted by Crippen LogP contribution is -2.38. The van der Waals surface area contributed by atoms with E-state index in [-0.39, 0.29) is 30.2 Å². The smallest absolute Gasteiger partial charge is 0.266 e. The second-order valence-corrected chi connectivity index (χ2v) is 8.64. The van der Waals surface area contributed by atoms with E-state index >= 15 is 0 Å². The van der Waals surface area contributed by atoms with E-state index in [4.69, 9.17) is 10.5 Å². The maximum Gasteiger partial charge on any atom is 0.266 e. The summed E-state index contributed by atoms with van der Waals surface area (Å²) in [7, 11) is 1.52. The molecule has 1 aromatic heterocycles. The molecule has 162 valence electrons. The number of rotatable bonds is 6. The first-order valence-electron chi connectivity index (χ1n) is 10.1. The third-order valence-electron chi connectivity index (χ3n) is 5.65. The van der Waals surface area contributed by atoms with Crippen LogP contribution in [0.1, 0.15) is 28.1 Å². The molecule has 6 nitrogen and oxygen atoms in total. The maximum atomic E-state index is 14.4. The highest BCUT2D eigenvalue weighted by Gasteiger charge is 2.26. The highest BCUT2D eigenvalue weighted by molar-refractivity contribution is 7.21. The fourth-order valence-electron chi connectivity index (χ4n) is 4.07. The summed E-state index contributed by atoms with van der Waals surface area (Å²) < 4.78 is 20.4. The summed E-state index contributed by atoms with van der Waals surface area (Å²) in [5, 5.41) is 3.43. The van der Waals surface area contributed by atoms with Gasteiger partial charge in [-0.3, -0.25) is 9.59 Å². The highest BCUT2D eigenvalue weighted by atomic mass is 32.1. The molecule has 0 aliphatic carbocycles. The Balaban J connectivity index is 1.61. The summed E-state index contributed by atoms with van der Waals surface area (Å²) in [4.78, 5) is 27.3. The van der Waals surface area contributed by atoms with Gasteiger partial charge in [-0.25, -0.2) is 4.39 Å². The lowest BCUT2D eigenvalue weighted by molar-refractivity contribution is -0.122. The first kappa shape index (κ1) is 21.3. The van der Waals surface area contributed by atoms with Crippen LogP contribution in [0.5, 0.6) is 0 Å². The molecule has 0 radical (unpaired) electrons. The quantitative estimate of drug-likeness (QED) is 0.602. The minimum absolute atomic E-state index is 0.108.